The number of ether oxygens (including phenoxy) is 2. The van der Waals surface area contributed by atoms with E-state index >= 15 is 0 Å². The van der Waals surface area contributed by atoms with E-state index in [1.807, 2.05) is 18.2 Å². The third-order valence-electron chi connectivity index (χ3n) is 4.80. The fourth-order valence-electron chi connectivity index (χ4n) is 3.56. The maximum atomic E-state index is 11.6. The molecular weight excluding hydrogens is 308 g/mol. The van der Waals surface area contributed by atoms with Crippen molar-refractivity contribution in [1.82, 2.24) is 19.7 Å². The number of H-pyrrole nitrogens is 1. The van der Waals surface area contributed by atoms with Crippen molar-refractivity contribution in [2.45, 2.75) is 31.5 Å². The van der Waals surface area contributed by atoms with Crippen molar-refractivity contribution in [3.05, 3.63) is 46.1 Å². The van der Waals surface area contributed by atoms with Crippen molar-refractivity contribution < 1.29 is 9.47 Å². The van der Waals surface area contributed by atoms with Crippen molar-refractivity contribution in [3.8, 4) is 5.75 Å². The van der Waals surface area contributed by atoms with Gasteiger partial charge in [0, 0.05) is 38.5 Å². The van der Waals surface area contributed by atoms with Crippen LogP contribution in [0.5, 0.6) is 5.75 Å². The quantitative estimate of drug-likeness (QED) is 0.891. The molecule has 0 unspecified atom stereocenters. The highest BCUT2D eigenvalue weighted by Gasteiger charge is 2.39. The maximum Gasteiger partial charge on any atom is 0.343 e. The van der Waals surface area contributed by atoms with Crippen LogP contribution in [0.25, 0.3) is 0 Å². The van der Waals surface area contributed by atoms with Crippen LogP contribution in [-0.4, -0.2) is 45.0 Å². The van der Waals surface area contributed by atoms with Crippen molar-refractivity contribution in [2.24, 2.45) is 7.05 Å². The second-order valence-corrected chi connectivity index (χ2v) is 6.65. The van der Waals surface area contributed by atoms with Crippen LogP contribution in [0.2, 0.25) is 0 Å². The van der Waals surface area contributed by atoms with E-state index in [1.54, 1.807) is 7.05 Å². The second kappa shape index (κ2) is 6.07. The Bertz CT molecular complexity index is 776. The van der Waals surface area contributed by atoms with E-state index in [1.165, 1.54) is 10.2 Å². The molecule has 2 aliphatic rings. The third kappa shape index (κ3) is 2.97. The van der Waals surface area contributed by atoms with Crippen molar-refractivity contribution in [2.75, 3.05) is 19.8 Å². The first-order valence-electron chi connectivity index (χ1n) is 8.33. The monoisotopic (exact) mass is 330 g/mol. The molecule has 1 saturated heterocycles. The Morgan fingerprint density at radius 1 is 1.29 bits per heavy atom. The largest absolute Gasteiger partial charge is 0.485 e. The zero-order valence-electron chi connectivity index (χ0n) is 13.8. The van der Waals surface area contributed by atoms with Crippen LogP contribution in [0.1, 0.15) is 24.2 Å². The van der Waals surface area contributed by atoms with Crippen LogP contribution in [0.15, 0.2) is 29.1 Å². The lowest BCUT2D eigenvalue weighted by Gasteiger charge is -2.38. The van der Waals surface area contributed by atoms with Gasteiger partial charge >= 0.3 is 5.69 Å². The van der Waals surface area contributed by atoms with E-state index in [-0.39, 0.29) is 11.3 Å². The fraction of sp³-hybridized carbons (Fsp3) is 0.529. The summed E-state index contributed by atoms with van der Waals surface area (Å²) < 4.78 is 13.3. The van der Waals surface area contributed by atoms with Crippen molar-refractivity contribution in [1.29, 1.82) is 0 Å². The Morgan fingerprint density at radius 2 is 2.08 bits per heavy atom. The standard InChI is InChI=1S/C17H22N4O3/c1-20-16(22)18-15(19-20)11-21-10-13-4-2-3-5-14(13)24-17(12-21)6-8-23-9-7-17/h2-5H,6-12H2,1H3,(H,18,19,22). The number of nitrogens with one attached hydrogen (secondary N) is 1. The van der Waals surface area contributed by atoms with Crippen LogP contribution in [0, 0.1) is 0 Å². The van der Waals surface area contributed by atoms with Gasteiger partial charge in [-0.15, -0.1) is 0 Å². The maximum absolute atomic E-state index is 11.6. The molecule has 1 fully saturated rings. The van der Waals surface area contributed by atoms with Gasteiger partial charge in [-0.05, 0) is 6.07 Å². The van der Waals surface area contributed by atoms with Crippen molar-refractivity contribution in [3.63, 3.8) is 0 Å². The van der Waals surface area contributed by atoms with E-state index in [0.29, 0.717) is 12.4 Å². The van der Waals surface area contributed by atoms with E-state index in [0.717, 1.165) is 44.9 Å². The minimum Gasteiger partial charge on any atom is -0.485 e. The normalized spacial score (nSPS) is 20.4. The predicted octanol–water partition coefficient (Wildman–Crippen LogP) is 1.05. The SMILES string of the molecule is Cn1nc(CN2Cc3ccccc3OC3(CCOCC3)C2)[nH]c1=O. The molecule has 7 nitrogen and oxygen atoms in total. The Kier molecular flexibility index (Phi) is 3.90. The van der Waals surface area contributed by atoms with Gasteiger partial charge < -0.3 is 9.47 Å². The summed E-state index contributed by atoms with van der Waals surface area (Å²) in [5.74, 6) is 1.64. The van der Waals surface area contributed by atoms with Gasteiger partial charge in [-0.2, -0.15) is 5.10 Å². The molecule has 3 heterocycles. The fourth-order valence-corrected chi connectivity index (χ4v) is 3.56. The summed E-state index contributed by atoms with van der Waals surface area (Å²) in [5, 5.41) is 4.27. The van der Waals surface area contributed by atoms with Gasteiger partial charge in [0.15, 0.2) is 0 Å². The lowest BCUT2D eigenvalue weighted by atomic mass is 9.93. The molecule has 1 spiro atoms. The topological polar surface area (TPSA) is 72.4 Å². The zero-order valence-corrected chi connectivity index (χ0v) is 13.8. The van der Waals surface area contributed by atoms with Crippen LogP contribution in [0.3, 0.4) is 0 Å². The van der Waals surface area contributed by atoms with Crippen LogP contribution >= 0.6 is 0 Å². The summed E-state index contributed by atoms with van der Waals surface area (Å²) in [5.41, 5.74) is 0.747. The van der Waals surface area contributed by atoms with Gasteiger partial charge in [0.2, 0.25) is 0 Å². The summed E-state index contributed by atoms with van der Waals surface area (Å²) in [4.78, 5) is 16.7. The number of hydrogen-bond acceptors (Lipinski definition) is 5. The van der Waals surface area contributed by atoms with Crippen LogP contribution in [-0.2, 0) is 24.9 Å². The van der Waals surface area contributed by atoms with E-state index in [2.05, 4.69) is 21.0 Å². The van der Waals surface area contributed by atoms with Crippen LogP contribution < -0.4 is 10.4 Å². The van der Waals surface area contributed by atoms with Gasteiger partial charge in [-0.25, -0.2) is 9.48 Å². The highest BCUT2D eigenvalue weighted by Crippen LogP contribution is 2.35. The van der Waals surface area contributed by atoms with Crippen LogP contribution in [0.4, 0.5) is 0 Å². The molecule has 7 heteroatoms. The number of hydrogen-bond donors (Lipinski definition) is 1. The molecule has 2 aliphatic heterocycles. The van der Waals surface area contributed by atoms with Gasteiger partial charge in [0.05, 0.1) is 19.8 Å². The average molecular weight is 330 g/mol. The summed E-state index contributed by atoms with van der Waals surface area (Å²) in [6.07, 6.45) is 1.74. The molecule has 24 heavy (non-hydrogen) atoms. The second-order valence-electron chi connectivity index (χ2n) is 6.65. The first kappa shape index (κ1) is 15.4. The number of aromatic amines is 1. The van der Waals surface area contributed by atoms with Gasteiger partial charge in [0.1, 0.15) is 17.2 Å². The Morgan fingerprint density at radius 3 is 2.83 bits per heavy atom. The Hall–Kier alpha value is -2.12. The number of para-hydroxylation sites is 1. The number of nitrogens with zero attached hydrogens (tertiary/aromatic N) is 3. The summed E-state index contributed by atoms with van der Waals surface area (Å²) >= 11 is 0. The molecule has 0 amide bonds. The molecule has 1 aromatic heterocycles. The molecule has 1 N–H and O–H groups in total. The first-order valence-corrected chi connectivity index (χ1v) is 8.33. The van der Waals surface area contributed by atoms with Gasteiger partial charge in [0.25, 0.3) is 0 Å². The highest BCUT2D eigenvalue weighted by molar-refractivity contribution is 5.35. The van der Waals surface area contributed by atoms with Crippen molar-refractivity contribution >= 4 is 0 Å². The molecule has 2 aromatic rings. The Balaban J connectivity index is 1.64. The van der Waals surface area contributed by atoms with Gasteiger partial charge in [-0.1, -0.05) is 18.2 Å². The van der Waals surface area contributed by atoms with E-state index in [9.17, 15) is 4.79 Å². The minimum absolute atomic E-state index is 0.183. The number of benzene rings is 1. The third-order valence-corrected chi connectivity index (χ3v) is 4.80. The van der Waals surface area contributed by atoms with E-state index < -0.39 is 0 Å². The minimum atomic E-state index is -0.236. The van der Waals surface area contributed by atoms with E-state index in [4.69, 9.17) is 9.47 Å². The molecule has 0 atom stereocenters. The molecule has 0 saturated carbocycles. The smallest absolute Gasteiger partial charge is 0.343 e. The number of fused-ring (bicyclic) bond motifs is 1. The molecule has 0 aliphatic carbocycles. The van der Waals surface area contributed by atoms with Gasteiger partial charge in [-0.3, -0.25) is 9.88 Å². The predicted molar refractivity (Wildman–Crippen MR) is 87.8 cm³/mol. The number of rotatable bonds is 2. The molecule has 128 valence electrons. The number of aryl methyl sites for hydroxylation is 1. The molecule has 0 bridgehead atoms. The average Bonchev–Trinajstić information content (AvgIpc) is 2.79. The summed E-state index contributed by atoms with van der Waals surface area (Å²) in [6, 6.07) is 8.18. The molecule has 4 rings (SSSR count). The molecular formula is C17H22N4O3. The number of aromatic nitrogens is 3. The first-order chi connectivity index (χ1) is 11.6. The lowest BCUT2D eigenvalue weighted by Crippen LogP contribution is -2.49. The zero-order chi connectivity index (χ0) is 16.6. The molecule has 0 radical (unpaired) electrons. The summed E-state index contributed by atoms with van der Waals surface area (Å²) in [7, 11) is 1.66. The Labute approximate surface area is 140 Å². The highest BCUT2D eigenvalue weighted by atomic mass is 16.5. The summed E-state index contributed by atoms with van der Waals surface area (Å²) in [6.45, 7) is 3.60. The lowest BCUT2D eigenvalue weighted by molar-refractivity contribution is -0.0596. The molecule has 1 aromatic carbocycles.